The van der Waals surface area contributed by atoms with E-state index in [2.05, 4.69) is 5.32 Å². The average Bonchev–Trinajstić information content (AvgIpc) is 1.95. The molecule has 0 bridgehead atoms. The monoisotopic (exact) mass is 227 g/mol. The van der Waals surface area contributed by atoms with Crippen molar-refractivity contribution in [2.24, 2.45) is 5.92 Å². The molecule has 0 heterocycles. The number of carbonyl (C=O) groups is 2. The van der Waals surface area contributed by atoms with E-state index in [-0.39, 0.29) is 17.9 Å². The second-order valence-corrected chi connectivity index (χ2v) is 5.59. The molecule has 1 N–H and O–H groups in total. The van der Waals surface area contributed by atoms with Gasteiger partial charge in [0.05, 0.1) is 0 Å². The first-order valence-electron chi connectivity index (χ1n) is 5.75. The molecule has 0 aromatic carbocycles. The van der Waals surface area contributed by atoms with Crippen molar-refractivity contribution in [3.8, 4) is 0 Å². The Morgan fingerprint density at radius 1 is 1.31 bits per heavy atom. The molecule has 1 amide bonds. The summed E-state index contributed by atoms with van der Waals surface area (Å²) in [7, 11) is 0. The number of amides is 1. The average molecular weight is 227 g/mol. The Balaban J connectivity index is 2.17. The third kappa shape index (κ3) is 4.64. The molecular formula is C12H21NO3. The number of ketones is 1. The second-order valence-electron chi connectivity index (χ2n) is 5.59. The number of nitrogens with one attached hydrogen (secondary N) is 1. The van der Waals surface area contributed by atoms with Crippen molar-refractivity contribution in [1.82, 2.24) is 5.32 Å². The third-order valence-corrected chi connectivity index (χ3v) is 2.53. The lowest BCUT2D eigenvalue weighted by Crippen LogP contribution is -2.46. The predicted molar refractivity (Wildman–Crippen MR) is 61.2 cm³/mol. The quantitative estimate of drug-likeness (QED) is 0.804. The fourth-order valence-electron chi connectivity index (χ4n) is 1.90. The zero-order valence-electron chi connectivity index (χ0n) is 10.5. The molecule has 16 heavy (non-hydrogen) atoms. The van der Waals surface area contributed by atoms with E-state index in [4.69, 9.17) is 4.74 Å². The van der Waals surface area contributed by atoms with Gasteiger partial charge in [0.25, 0.3) is 0 Å². The highest BCUT2D eigenvalue weighted by Gasteiger charge is 2.31. The Labute approximate surface area is 96.7 Å². The number of ether oxygens (including phenoxy) is 1. The van der Waals surface area contributed by atoms with Gasteiger partial charge in [-0.1, -0.05) is 0 Å². The Hall–Kier alpha value is -1.06. The van der Waals surface area contributed by atoms with Crippen molar-refractivity contribution in [2.45, 2.75) is 58.6 Å². The summed E-state index contributed by atoms with van der Waals surface area (Å²) < 4.78 is 5.14. The summed E-state index contributed by atoms with van der Waals surface area (Å²) >= 11 is 0. The van der Waals surface area contributed by atoms with Gasteiger partial charge < -0.3 is 14.8 Å². The van der Waals surface area contributed by atoms with Gasteiger partial charge in [0.2, 0.25) is 0 Å². The molecule has 92 valence electrons. The molecule has 0 atom stereocenters. The Bertz CT molecular complexity index is 274. The highest BCUT2D eigenvalue weighted by molar-refractivity contribution is 5.76. The van der Waals surface area contributed by atoms with Crippen LogP contribution in [0.15, 0.2) is 0 Å². The highest BCUT2D eigenvalue weighted by atomic mass is 16.6. The van der Waals surface area contributed by atoms with Crippen LogP contribution in [0, 0.1) is 5.92 Å². The Morgan fingerprint density at radius 2 is 1.88 bits per heavy atom. The van der Waals surface area contributed by atoms with Crippen molar-refractivity contribution in [1.29, 1.82) is 0 Å². The van der Waals surface area contributed by atoms with Crippen LogP contribution in [0.2, 0.25) is 0 Å². The van der Waals surface area contributed by atoms with E-state index in [1.165, 1.54) is 0 Å². The highest BCUT2D eigenvalue weighted by Crippen LogP contribution is 2.30. The standard InChI is InChI=1S/C12H21NO3/c1-8(14)5-9-6-10(7-9)13-11(15)16-12(2,3)4/h9-10H,5-7H2,1-4H3,(H,13,15). The van der Waals surface area contributed by atoms with E-state index in [9.17, 15) is 9.59 Å². The van der Waals surface area contributed by atoms with Gasteiger partial charge in [0.1, 0.15) is 11.4 Å². The first-order valence-corrected chi connectivity index (χ1v) is 5.75. The van der Waals surface area contributed by atoms with Gasteiger partial charge in [-0.05, 0) is 46.5 Å². The number of Topliss-reactive ketones (excluding diaryl/α,β-unsaturated/α-hetero) is 1. The Kier molecular flexibility index (Phi) is 3.94. The van der Waals surface area contributed by atoms with E-state index in [0.29, 0.717) is 12.3 Å². The minimum absolute atomic E-state index is 0.180. The summed E-state index contributed by atoms with van der Waals surface area (Å²) in [6, 6.07) is 0.180. The summed E-state index contributed by atoms with van der Waals surface area (Å²) in [6.45, 7) is 7.12. The largest absolute Gasteiger partial charge is 0.444 e. The van der Waals surface area contributed by atoms with Crippen LogP contribution in [-0.2, 0) is 9.53 Å². The van der Waals surface area contributed by atoms with Gasteiger partial charge in [0, 0.05) is 12.5 Å². The maximum Gasteiger partial charge on any atom is 0.407 e. The lowest BCUT2D eigenvalue weighted by atomic mass is 9.77. The summed E-state index contributed by atoms with van der Waals surface area (Å²) in [5.74, 6) is 0.665. The minimum atomic E-state index is -0.452. The van der Waals surface area contributed by atoms with Crippen LogP contribution in [0.1, 0.15) is 47.0 Å². The number of alkyl carbamates (subject to hydrolysis) is 1. The maximum atomic E-state index is 11.4. The van der Waals surface area contributed by atoms with Crippen LogP contribution in [0.25, 0.3) is 0 Å². The molecule has 4 nitrogen and oxygen atoms in total. The normalized spacial score (nSPS) is 24.5. The van der Waals surface area contributed by atoms with E-state index < -0.39 is 5.60 Å². The molecule has 1 aliphatic rings. The molecule has 0 unspecified atom stereocenters. The van der Waals surface area contributed by atoms with Crippen LogP contribution in [-0.4, -0.2) is 23.5 Å². The van der Waals surface area contributed by atoms with Gasteiger partial charge in [-0.3, -0.25) is 0 Å². The van der Waals surface area contributed by atoms with E-state index in [1.807, 2.05) is 20.8 Å². The Morgan fingerprint density at radius 3 is 2.31 bits per heavy atom. The molecule has 1 fully saturated rings. The summed E-state index contributed by atoms with van der Waals surface area (Å²) in [5, 5.41) is 2.80. The minimum Gasteiger partial charge on any atom is -0.444 e. The third-order valence-electron chi connectivity index (χ3n) is 2.53. The smallest absolute Gasteiger partial charge is 0.407 e. The molecule has 0 aromatic rings. The molecule has 1 rings (SSSR count). The van der Waals surface area contributed by atoms with E-state index in [0.717, 1.165) is 12.8 Å². The molecule has 0 radical (unpaired) electrons. The molecular weight excluding hydrogens is 206 g/mol. The zero-order valence-corrected chi connectivity index (χ0v) is 10.5. The molecule has 4 heteroatoms. The maximum absolute atomic E-state index is 11.4. The number of hydrogen-bond donors (Lipinski definition) is 1. The fourth-order valence-corrected chi connectivity index (χ4v) is 1.90. The number of carbonyl (C=O) groups excluding carboxylic acids is 2. The summed E-state index contributed by atoms with van der Waals surface area (Å²) in [6.07, 6.45) is 2.04. The molecule has 0 spiro atoms. The van der Waals surface area contributed by atoms with Crippen LogP contribution in [0.5, 0.6) is 0 Å². The predicted octanol–water partition coefficient (Wildman–Crippen LogP) is 2.27. The number of rotatable bonds is 3. The van der Waals surface area contributed by atoms with Crippen LogP contribution in [0.3, 0.4) is 0 Å². The lowest BCUT2D eigenvalue weighted by Gasteiger charge is -2.35. The van der Waals surface area contributed by atoms with Gasteiger partial charge in [-0.15, -0.1) is 0 Å². The topological polar surface area (TPSA) is 55.4 Å². The first kappa shape index (κ1) is 13.0. The lowest BCUT2D eigenvalue weighted by molar-refractivity contribution is -0.118. The van der Waals surface area contributed by atoms with Gasteiger partial charge in [-0.25, -0.2) is 4.79 Å². The van der Waals surface area contributed by atoms with Crippen molar-refractivity contribution < 1.29 is 14.3 Å². The zero-order chi connectivity index (χ0) is 12.3. The van der Waals surface area contributed by atoms with Gasteiger partial charge in [-0.2, -0.15) is 0 Å². The molecule has 1 aliphatic carbocycles. The van der Waals surface area contributed by atoms with Crippen molar-refractivity contribution >= 4 is 11.9 Å². The first-order chi connectivity index (χ1) is 7.26. The summed E-state index contributed by atoms with van der Waals surface area (Å²) in [5.41, 5.74) is -0.452. The van der Waals surface area contributed by atoms with Crippen LogP contribution in [0.4, 0.5) is 4.79 Å². The van der Waals surface area contributed by atoms with Crippen molar-refractivity contribution in [2.75, 3.05) is 0 Å². The van der Waals surface area contributed by atoms with E-state index >= 15 is 0 Å². The molecule has 0 aliphatic heterocycles. The molecule has 0 saturated heterocycles. The fraction of sp³-hybridized carbons (Fsp3) is 0.833. The number of hydrogen-bond acceptors (Lipinski definition) is 3. The van der Waals surface area contributed by atoms with Gasteiger partial charge >= 0.3 is 6.09 Å². The van der Waals surface area contributed by atoms with Crippen LogP contribution >= 0.6 is 0 Å². The molecule has 0 aromatic heterocycles. The van der Waals surface area contributed by atoms with Crippen molar-refractivity contribution in [3.63, 3.8) is 0 Å². The van der Waals surface area contributed by atoms with E-state index in [1.54, 1.807) is 6.92 Å². The SMILES string of the molecule is CC(=O)CC1CC(NC(=O)OC(C)(C)C)C1. The van der Waals surface area contributed by atoms with Crippen molar-refractivity contribution in [3.05, 3.63) is 0 Å². The summed E-state index contributed by atoms with van der Waals surface area (Å²) in [4.78, 5) is 22.2. The van der Waals surface area contributed by atoms with Gasteiger partial charge in [0.15, 0.2) is 0 Å². The second kappa shape index (κ2) is 4.85. The van der Waals surface area contributed by atoms with Crippen LogP contribution < -0.4 is 5.32 Å². The molecule has 1 saturated carbocycles.